The highest BCUT2D eigenvalue weighted by molar-refractivity contribution is 8.15. The van der Waals surface area contributed by atoms with E-state index in [1.54, 1.807) is 31.3 Å². The van der Waals surface area contributed by atoms with Crippen molar-refractivity contribution >= 4 is 63.1 Å². The van der Waals surface area contributed by atoms with Gasteiger partial charge in [0.2, 0.25) is 5.91 Å². The summed E-state index contributed by atoms with van der Waals surface area (Å²) in [6, 6.07) is 30.2. The minimum Gasteiger partial charge on any atom is -0.484 e. The van der Waals surface area contributed by atoms with Gasteiger partial charge in [-0.05, 0) is 89.5 Å². The number of fused-ring (bicyclic) bond motifs is 1. The van der Waals surface area contributed by atoms with Crippen LogP contribution in [-0.2, 0) is 35.5 Å². The fraction of sp³-hybridized carbons (Fsp3) is 0.244. The lowest BCUT2D eigenvalue weighted by atomic mass is 9.98. The number of hydrogen-bond acceptors (Lipinski definition) is 10. The smallest absolute Gasteiger partial charge is 0.336 e. The third kappa shape index (κ3) is 9.39. The van der Waals surface area contributed by atoms with Gasteiger partial charge in [-0.15, -0.1) is 0 Å². The van der Waals surface area contributed by atoms with Gasteiger partial charge >= 0.3 is 5.97 Å². The van der Waals surface area contributed by atoms with Crippen molar-refractivity contribution in [3.05, 3.63) is 131 Å². The number of aryl methyl sites for hydroxylation is 2. The summed E-state index contributed by atoms with van der Waals surface area (Å²) in [5.41, 5.74) is 8.48. The van der Waals surface area contributed by atoms with Crippen molar-refractivity contribution in [3.8, 4) is 16.9 Å². The quantitative estimate of drug-likeness (QED) is 0.0757. The molecule has 4 aromatic carbocycles. The van der Waals surface area contributed by atoms with Gasteiger partial charge < -0.3 is 29.9 Å². The van der Waals surface area contributed by atoms with Gasteiger partial charge in [-0.3, -0.25) is 19.7 Å². The number of imide groups is 1. The number of amides is 3. The molecule has 3 heterocycles. The maximum atomic E-state index is 12.9. The topological polar surface area (TPSA) is 168 Å². The molecule has 0 saturated carbocycles. The second-order valence-electron chi connectivity index (χ2n) is 14.4. The summed E-state index contributed by atoms with van der Waals surface area (Å²) in [7, 11) is 3.72. The first-order chi connectivity index (χ1) is 28.5. The third-order valence-corrected chi connectivity index (χ3v) is 11.1. The van der Waals surface area contributed by atoms with Crippen LogP contribution in [0.4, 0.5) is 22.1 Å². The predicted molar refractivity (Wildman–Crippen MR) is 231 cm³/mol. The van der Waals surface area contributed by atoms with Crippen LogP contribution in [0.25, 0.3) is 22.2 Å². The lowest BCUT2D eigenvalue weighted by molar-refractivity contribution is -0.119. The number of carboxylic acids is 1. The lowest BCUT2D eigenvalue weighted by Gasteiger charge is -2.21. The van der Waals surface area contributed by atoms with Crippen LogP contribution < -0.4 is 25.6 Å². The van der Waals surface area contributed by atoms with E-state index in [1.807, 2.05) is 55.6 Å². The number of anilines is 3. The van der Waals surface area contributed by atoms with E-state index in [9.17, 15) is 24.3 Å². The Balaban J connectivity index is 1.01. The molecule has 1 unspecified atom stereocenters. The zero-order valence-corrected chi connectivity index (χ0v) is 34.1. The van der Waals surface area contributed by atoms with E-state index < -0.39 is 11.2 Å². The molecule has 3 amide bonds. The number of carbonyl (C=O) groups excluding carboxylic acids is 3. The minimum atomic E-state index is -0.951. The van der Waals surface area contributed by atoms with Crippen molar-refractivity contribution in [3.63, 3.8) is 0 Å². The summed E-state index contributed by atoms with van der Waals surface area (Å²) >= 11 is 0.987. The second-order valence-corrected chi connectivity index (χ2v) is 15.6. The van der Waals surface area contributed by atoms with Gasteiger partial charge in [-0.2, -0.15) is 0 Å². The molecule has 7 rings (SSSR count). The zero-order valence-electron chi connectivity index (χ0n) is 33.2. The van der Waals surface area contributed by atoms with Gasteiger partial charge in [0.25, 0.3) is 11.1 Å². The van der Waals surface area contributed by atoms with Gasteiger partial charge in [-0.25, -0.2) is 14.8 Å². The normalized spacial score (nSPS) is 13.7. The number of pyridine rings is 1. The Morgan fingerprint density at radius 1 is 0.949 bits per heavy atom. The summed E-state index contributed by atoms with van der Waals surface area (Å²) in [5, 5.41) is 17.2. The van der Waals surface area contributed by atoms with Gasteiger partial charge in [0.05, 0.1) is 27.5 Å². The van der Waals surface area contributed by atoms with Crippen LogP contribution in [0.1, 0.15) is 51.8 Å². The molecule has 1 fully saturated rings. The molecule has 59 heavy (non-hydrogen) atoms. The van der Waals surface area contributed by atoms with Crippen molar-refractivity contribution < 1.29 is 29.0 Å². The number of hydrogen-bond donors (Lipinski definition) is 4. The molecule has 302 valence electrons. The van der Waals surface area contributed by atoms with E-state index in [0.717, 1.165) is 69.3 Å². The number of nitrogens with one attached hydrogen (secondary N) is 3. The van der Waals surface area contributed by atoms with Gasteiger partial charge in [0.1, 0.15) is 17.4 Å². The summed E-state index contributed by atoms with van der Waals surface area (Å²) in [4.78, 5) is 60.0. The van der Waals surface area contributed by atoms with Crippen molar-refractivity contribution in [1.29, 1.82) is 0 Å². The minimum absolute atomic E-state index is 0.218. The van der Waals surface area contributed by atoms with Crippen LogP contribution in [0.15, 0.2) is 97.1 Å². The molecule has 0 aliphatic carbocycles. The Morgan fingerprint density at radius 3 is 2.39 bits per heavy atom. The lowest BCUT2D eigenvalue weighted by Crippen LogP contribution is -2.25. The van der Waals surface area contributed by atoms with Crippen LogP contribution in [0, 0.1) is 6.92 Å². The van der Waals surface area contributed by atoms with Crippen LogP contribution >= 0.6 is 11.8 Å². The van der Waals surface area contributed by atoms with Crippen LogP contribution in [-0.4, -0.2) is 68.6 Å². The number of carboxylic acid groups (broad SMARTS) is 1. The largest absolute Gasteiger partial charge is 0.484 e. The molecule has 6 aromatic rings. The molecule has 1 atom stereocenters. The van der Waals surface area contributed by atoms with Crippen LogP contribution in [0.3, 0.4) is 0 Å². The average Bonchev–Trinajstić information content (AvgIpc) is 3.74. The van der Waals surface area contributed by atoms with E-state index in [2.05, 4.69) is 63.5 Å². The number of nitrogens with zero attached hydrogens (tertiary/aromatic N) is 4. The highest BCUT2D eigenvalue weighted by Crippen LogP contribution is 2.29. The number of carbonyl (C=O) groups is 4. The first kappa shape index (κ1) is 40.5. The number of thioether (sulfide) groups is 1. The Hall–Kier alpha value is -6.67. The zero-order chi connectivity index (χ0) is 41.6. The van der Waals surface area contributed by atoms with Crippen LogP contribution in [0.2, 0.25) is 0 Å². The first-order valence-corrected chi connectivity index (χ1v) is 20.2. The summed E-state index contributed by atoms with van der Waals surface area (Å²) in [6.07, 6.45) is 2.20. The molecular formula is C45H45N7O6S. The van der Waals surface area contributed by atoms with E-state index in [4.69, 9.17) is 14.7 Å². The molecule has 1 aliphatic heterocycles. The van der Waals surface area contributed by atoms with E-state index in [1.165, 1.54) is 0 Å². The fourth-order valence-corrected chi connectivity index (χ4v) is 8.06. The number of benzene rings is 4. The van der Waals surface area contributed by atoms with Crippen molar-refractivity contribution in [2.24, 2.45) is 0 Å². The van der Waals surface area contributed by atoms with E-state index >= 15 is 0 Å². The SMILES string of the molecule is CCCc1nc2c(C)cc(CN(C)c3ccc(NC(=O)COc4ccc(CC5SC(=O)NC5=O)cc4)c(NC)n3)cc2n1Cc1ccc(-c2ccccc2C(=O)O)cc1. The monoisotopic (exact) mass is 811 g/mol. The molecule has 1 aliphatic rings. The van der Waals surface area contributed by atoms with Gasteiger partial charge in [-0.1, -0.05) is 79.3 Å². The molecule has 2 aromatic heterocycles. The van der Waals surface area contributed by atoms with Crippen molar-refractivity contribution in [2.75, 3.05) is 36.2 Å². The molecule has 0 radical (unpaired) electrons. The number of imidazole rings is 1. The first-order valence-electron chi connectivity index (χ1n) is 19.3. The van der Waals surface area contributed by atoms with E-state index in [0.29, 0.717) is 48.1 Å². The van der Waals surface area contributed by atoms with Gasteiger partial charge in [0, 0.05) is 33.6 Å². The third-order valence-electron chi connectivity index (χ3n) is 10.1. The fourth-order valence-electron chi connectivity index (χ4n) is 7.20. The van der Waals surface area contributed by atoms with Gasteiger partial charge in [0.15, 0.2) is 12.4 Å². The summed E-state index contributed by atoms with van der Waals surface area (Å²) < 4.78 is 7.99. The molecular weight excluding hydrogens is 767 g/mol. The molecule has 14 heteroatoms. The summed E-state index contributed by atoms with van der Waals surface area (Å²) in [6.45, 7) is 5.21. The van der Waals surface area contributed by atoms with Crippen LogP contribution in [0.5, 0.6) is 5.75 Å². The highest BCUT2D eigenvalue weighted by Gasteiger charge is 2.31. The molecule has 0 bridgehead atoms. The Labute approximate surface area is 346 Å². The maximum absolute atomic E-state index is 12.9. The highest BCUT2D eigenvalue weighted by atomic mass is 32.2. The summed E-state index contributed by atoms with van der Waals surface area (Å²) in [5.74, 6) is 1.14. The Morgan fingerprint density at radius 2 is 1.69 bits per heavy atom. The predicted octanol–water partition coefficient (Wildman–Crippen LogP) is 7.70. The van der Waals surface area contributed by atoms with Crippen molar-refractivity contribution in [1.82, 2.24) is 19.9 Å². The molecule has 0 spiro atoms. The van der Waals surface area contributed by atoms with Crippen molar-refractivity contribution in [2.45, 2.75) is 51.4 Å². The molecule has 4 N–H and O–H groups in total. The Bertz CT molecular complexity index is 2540. The standard InChI is InChI=1S/C45H45N7O6S/c1-5-8-39-48-41-27(2)21-30(22-36(41)52(39)25-29-11-15-31(16-12-29)33-9-6-7-10-34(33)44(55)56)24-51(4)38-20-19-35(42(46-3)49-38)47-40(53)26-58-32-17-13-28(14-18-32)23-37-43(54)50-45(57)59-37/h6-7,9-22,37H,5,8,23-26H2,1-4H3,(H,46,49)(H,47,53)(H,55,56)(H,50,54,57). The number of aromatic carboxylic acids is 1. The average molecular weight is 812 g/mol. The molecule has 13 nitrogen and oxygen atoms in total. The number of aromatic nitrogens is 3. The number of ether oxygens (including phenoxy) is 1. The number of rotatable bonds is 16. The Kier molecular flexibility index (Phi) is 12.3. The second kappa shape index (κ2) is 17.9. The molecule has 1 saturated heterocycles. The van der Waals surface area contributed by atoms with E-state index in [-0.39, 0.29) is 29.2 Å². The maximum Gasteiger partial charge on any atom is 0.336 e.